The first-order valence-corrected chi connectivity index (χ1v) is 5.16. The Morgan fingerprint density at radius 2 is 2.11 bits per heavy atom. The summed E-state index contributed by atoms with van der Waals surface area (Å²) in [4.78, 5) is 33.5. The van der Waals surface area contributed by atoms with Crippen LogP contribution in [-0.4, -0.2) is 47.5 Å². The van der Waals surface area contributed by atoms with Crippen LogP contribution in [0.2, 0.25) is 0 Å². The van der Waals surface area contributed by atoms with E-state index in [0.717, 1.165) is 11.0 Å². The number of aliphatic carboxylic acids is 1. The van der Waals surface area contributed by atoms with Crippen LogP contribution in [0, 0.1) is 10.1 Å². The molecular weight excluding hydrogens is 256 g/mol. The standard InChI is InChI=1S/C11H12N2O6/c1-12(6-10(14)15)11(16)8-5-7(19-2)3-4-9(8)13(17)18/h3-5H,6H2,1-2H3,(H,14,15). The number of hydrogen-bond donors (Lipinski definition) is 1. The number of carboxylic acids is 1. The van der Waals surface area contributed by atoms with Crippen molar-refractivity contribution in [3.63, 3.8) is 0 Å². The predicted molar refractivity (Wildman–Crippen MR) is 64.2 cm³/mol. The normalized spacial score (nSPS) is 9.79. The molecule has 0 unspecified atom stereocenters. The van der Waals surface area contributed by atoms with Gasteiger partial charge in [0, 0.05) is 13.1 Å². The van der Waals surface area contributed by atoms with Crippen molar-refractivity contribution in [2.75, 3.05) is 20.7 Å². The van der Waals surface area contributed by atoms with Gasteiger partial charge in [-0.15, -0.1) is 0 Å². The molecule has 0 aromatic heterocycles. The second-order valence-corrected chi connectivity index (χ2v) is 3.70. The van der Waals surface area contributed by atoms with E-state index in [0.29, 0.717) is 0 Å². The highest BCUT2D eigenvalue weighted by Gasteiger charge is 2.24. The minimum absolute atomic E-state index is 0.215. The van der Waals surface area contributed by atoms with Crippen LogP contribution in [0.25, 0.3) is 0 Å². The topological polar surface area (TPSA) is 110 Å². The molecule has 0 fully saturated rings. The maximum Gasteiger partial charge on any atom is 0.323 e. The van der Waals surface area contributed by atoms with Crippen molar-refractivity contribution in [3.8, 4) is 5.75 Å². The molecule has 1 N–H and O–H groups in total. The summed E-state index contributed by atoms with van der Waals surface area (Å²) in [6, 6.07) is 3.70. The Balaban J connectivity index is 3.18. The molecule has 0 aliphatic heterocycles. The summed E-state index contributed by atoms with van der Waals surface area (Å²) < 4.78 is 4.89. The Kier molecular flexibility index (Phi) is 4.41. The zero-order valence-corrected chi connectivity index (χ0v) is 10.3. The second-order valence-electron chi connectivity index (χ2n) is 3.70. The van der Waals surface area contributed by atoms with Crippen LogP contribution in [-0.2, 0) is 4.79 Å². The van der Waals surface area contributed by atoms with E-state index in [4.69, 9.17) is 9.84 Å². The van der Waals surface area contributed by atoms with Crippen molar-refractivity contribution in [1.29, 1.82) is 0 Å². The molecule has 8 nitrogen and oxygen atoms in total. The number of nitro benzene ring substituents is 1. The molecule has 1 rings (SSSR count). The first kappa shape index (κ1) is 14.4. The van der Waals surface area contributed by atoms with Gasteiger partial charge >= 0.3 is 5.97 Å². The Hall–Kier alpha value is -2.64. The molecule has 0 spiro atoms. The highest BCUT2D eigenvalue weighted by atomic mass is 16.6. The van der Waals surface area contributed by atoms with Crippen LogP contribution in [0.5, 0.6) is 5.75 Å². The van der Waals surface area contributed by atoms with E-state index in [1.165, 1.54) is 26.3 Å². The lowest BCUT2D eigenvalue weighted by atomic mass is 10.1. The second kappa shape index (κ2) is 5.80. The minimum Gasteiger partial charge on any atom is -0.497 e. The monoisotopic (exact) mass is 268 g/mol. The fraction of sp³-hybridized carbons (Fsp3) is 0.273. The zero-order valence-electron chi connectivity index (χ0n) is 10.3. The van der Waals surface area contributed by atoms with Crippen LogP contribution < -0.4 is 4.74 Å². The van der Waals surface area contributed by atoms with E-state index in [1.807, 2.05) is 0 Å². The van der Waals surface area contributed by atoms with Gasteiger partial charge in [0.25, 0.3) is 11.6 Å². The quantitative estimate of drug-likeness (QED) is 0.623. The number of likely N-dealkylation sites (N-methyl/N-ethyl adjacent to an activating group) is 1. The molecule has 0 saturated carbocycles. The lowest BCUT2D eigenvalue weighted by molar-refractivity contribution is -0.385. The van der Waals surface area contributed by atoms with Crippen LogP contribution in [0.1, 0.15) is 10.4 Å². The molecule has 0 bridgehead atoms. The SMILES string of the molecule is COc1ccc([N+](=O)[O-])c(C(=O)N(C)CC(=O)O)c1. The first-order valence-electron chi connectivity index (χ1n) is 5.16. The summed E-state index contributed by atoms with van der Waals surface area (Å²) >= 11 is 0. The van der Waals surface area contributed by atoms with Gasteiger partial charge in [0.1, 0.15) is 17.9 Å². The lowest BCUT2D eigenvalue weighted by Gasteiger charge is -2.14. The van der Waals surface area contributed by atoms with E-state index >= 15 is 0 Å². The van der Waals surface area contributed by atoms with Crippen molar-refractivity contribution in [3.05, 3.63) is 33.9 Å². The number of carbonyl (C=O) groups excluding carboxylic acids is 1. The number of nitro groups is 1. The smallest absolute Gasteiger partial charge is 0.323 e. The summed E-state index contributed by atoms with van der Waals surface area (Å²) in [7, 11) is 2.61. The van der Waals surface area contributed by atoms with Crippen LogP contribution in [0.15, 0.2) is 18.2 Å². The molecule has 102 valence electrons. The first-order chi connectivity index (χ1) is 8.86. The van der Waals surface area contributed by atoms with E-state index in [-0.39, 0.29) is 11.3 Å². The molecule has 19 heavy (non-hydrogen) atoms. The number of carbonyl (C=O) groups is 2. The molecule has 0 atom stereocenters. The zero-order chi connectivity index (χ0) is 14.6. The summed E-state index contributed by atoms with van der Waals surface area (Å²) in [6.45, 7) is -0.548. The van der Waals surface area contributed by atoms with E-state index in [9.17, 15) is 19.7 Å². The molecule has 8 heteroatoms. The molecule has 0 heterocycles. The fourth-order valence-electron chi connectivity index (χ4n) is 1.45. The van der Waals surface area contributed by atoms with Crippen LogP contribution >= 0.6 is 0 Å². The van der Waals surface area contributed by atoms with E-state index < -0.39 is 29.0 Å². The molecule has 0 saturated heterocycles. The van der Waals surface area contributed by atoms with Crippen molar-refractivity contribution >= 4 is 17.6 Å². The van der Waals surface area contributed by atoms with Crippen molar-refractivity contribution in [1.82, 2.24) is 4.90 Å². The Morgan fingerprint density at radius 3 is 2.58 bits per heavy atom. The fourth-order valence-corrected chi connectivity index (χ4v) is 1.45. The van der Waals surface area contributed by atoms with Crippen molar-refractivity contribution in [2.45, 2.75) is 0 Å². The van der Waals surface area contributed by atoms with Gasteiger partial charge in [-0.25, -0.2) is 0 Å². The molecule has 1 aromatic carbocycles. The Labute approximate surface area is 108 Å². The van der Waals surface area contributed by atoms with Gasteiger partial charge in [0.05, 0.1) is 12.0 Å². The number of benzene rings is 1. The summed E-state index contributed by atoms with van der Waals surface area (Å²) in [5.41, 5.74) is -0.615. The molecule has 0 radical (unpaired) electrons. The largest absolute Gasteiger partial charge is 0.497 e. The van der Waals surface area contributed by atoms with Gasteiger partial charge < -0.3 is 14.7 Å². The Bertz CT molecular complexity index is 528. The van der Waals surface area contributed by atoms with Crippen molar-refractivity contribution in [2.24, 2.45) is 0 Å². The third-order valence-electron chi connectivity index (χ3n) is 2.35. The number of amides is 1. The Morgan fingerprint density at radius 1 is 1.47 bits per heavy atom. The van der Waals surface area contributed by atoms with Gasteiger partial charge in [-0.3, -0.25) is 19.7 Å². The number of carboxylic acid groups (broad SMARTS) is 1. The molecular formula is C11H12N2O6. The maximum absolute atomic E-state index is 12.0. The third-order valence-corrected chi connectivity index (χ3v) is 2.35. The third kappa shape index (κ3) is 3.41. The number of rotatable bonds is 5. The summed E-state index contributed by atoms with van der Waals surface area (Å²) in [6.07, 6.45) is 0. The van der Waals surface area contributed by atoms with Crippen LogP contribution in [0.3, 0.4) is 0 Å². The molecule has 1 aromatic rings. The lowest BCUT2D eigenvalue weighted by Crippen LogP contribution is -2.32. The van der Waals surface area contributed by atoms with E-state index in [2.05, 4.69) is 0 Å². The summed E-state index contributed by atoms with van der Waals surface area (Å²) in [5.74, 6) is -1.69. The maximum atomic E-state index is 12.0. The van der Waals surface area contributed by atoms with Gasteiger partial charge in [-0.1, -0.05) is 0 Å². The van der Waals surface area contributed by atoms with Crippen molar-refractivity contribution < 1.29 is 24.4 Å². The van der Waals surface area contributed by atoms with E-state index in [1.54, 1.807) is 0 Å². The van der Waals surface area contributed by atoms with Gasteiger partial charge in [-0.05, 0) is 12.1 Å². The number of hydrogen-bond acceptors (Lipinski definition) is 5. The average molecular weight is 268 g/mol. The summed E-state index contributed by atoms with van der Waals surface area (Å²) in [5, 5.41) is 19.5. The molecule has 1 amide bonds. The molecule has 0 aliphatic rings. The van der Waals surface area contributed by atoms with Gasteiger partial charge in [-0.2, -0.15) is 0 Å². The highest BCUT2D eigenvalue weighted by molar-refractivity contribution is 5.99. The minimum atomic E-state index is -1.21. The predicted octanol–water partition coefficient (Wildman–Crippen LogP) is 0.760. The van der Waals surface area contributed by atoms with Crippen LogP contribution in [0.4, 0.5) is 5.69 Å². The van der Waals surface area contributed by atoms with Gasteiger partial charge in [0.2, 0.25) is 0 Å². The average Bonchev–Trinajstić information content (AvgIpc) is 2.36. The highest BCUT2D eigenvalue weighted by Crippen LogP contribution is 2.24. The van der Waals surface area contributed by atoms with Gasteiger partial charge in [0.15, 0.2) is 0 Å². The number of nitrogens with zero attached hydrogens (tertiary/aromatic N) is 2. The molecule has 0 aliphatic carbocycles. The number of ether oxygens (including phenoxy) is 1. The number of methoxy groups -OCH3 is 1.